The van der Waals surface area contributed by atoms with Crippen LogP contribution in [0.25, 0.3) is 0 Å². The first-order valence-electron chi connectivity index (χ1n) is 6.98. The highest BCUT2D eigenvalue weighted by molar-refractivity contribution is 7.08. The fourth-order valence-electron chi connectivity index (χ4n) is 1.75. The van der Waals surface area contributed by atoms with Crippen LogP contribution >= 0.6 is 11.3 Å². The number of ether oxygens (including phenoxy) is 1. The highest BCUT2D eigenvalue weighted by Gasteiger charge is 2.93. The van der Waals surface area contributed by atoms with Crippen molar-refractivity contribution in [2.45, 2.75) is 48.6 Å². The van der Waals surface area contributed by atoms with E-state index in [1.807, 2.05) is 0 Å². The van der Waals surface area contributed by atoms with Crippen LogP contribution in [0.15, 0.2) is 10.8 Å². The molecule has 0 N–H and O–H groups in total. The van der Waals surface area contributed by atoms with E-state index in [0.717, 1.165) is 23.6 Å². The van der Waals surface area contributed by atoms with Crippen molar-refractivity contribution >= 4 is 11.3 Å². The summed E-state index contributed by atoms with van der Waals surface area (Å²) in [5, 5.41) is 2.04. The van der Waals surface area contributed by atoms with E-state index in [1.54, 1.807) is 0 Å². The van der Waals surface area contributed by atoms with Crippen molar-refractivity contribution < 1.29 is 70.6 Å². The average molecular weight is 496 g/mol. The van der Waals surface area contributed by atoms with Crippen LogP contribution in [0, 0.1) is 6.92 Å². The van der Waals surface area contributed by atoms with Crippen LogP contribution in [0.5, 0.6) is 5.75 Å². The monoisotopic (exact) mass is 496 g/mol. The lowest BCUT2D eigenvalue weighted by molar-refractivity contribution is -0.453. The molecule has 176 valence electrons. The van der Waals surface area contributed by atoms with E-state index in [4.69, 9.17) is 0 Å². The third kappa shape index (κ3) is 3.66. The predicted molar refractivity (Wildman–Crippen MR) is 70.3 cm³/mol. The summed E-state index contributed by atoms with van der Waals surface area (Å²) in [7, 11) is 0. The summed E-state index contributed by atoms with van der Waals surface area (Å²) >= 11 is 0.728. The number of hydrogen-bond acceptors (Lipinski definition) is 2. The summed E-state index contributed by atoms with van der Waals surface area (Å²) in [6.45, 7) is -1.69. The molecule has 0 fully saturated rings. The van der Waals surface area contributed by atoms with Crippen LogP contribution in [0.1, 0.15) is 5.56 Å². The zero-order valence-electron chi connectivity index (χ0n) is 13.8. The molecule has 30 heavy (non-hydrogen) atoms. The zero-order chi connectivity index (χ0) is 24.2. The van der Waals surface area contributed by atoms with Gasteiger partial charge in [0.2, 0.25) is 0 Å². The number of halogens is 15. The molecule has 1 aromatic heterocycles. The van der Waals surface area contributed by atoms with Crippen LogP contribution in [-0.2, 0) is 0 Å². The van der Waals surface area contributed by atoms with Gasteiger partial charge in [-0.2, -0.15) is 65.9 Å². The van der Waals surface area contributed by atoms with Gasteiger partial charge in [0.25, 0.3) is 0 Å². The summed E-state index contributed by atoms with van der Waals surface area (Å²) in [4.78, 5) is 0. The van der Waals surface area contributed by atoms with E-state index in [9.17, 15) is 65.9 Å². The molecule has 0 aliphatic rings. The van der Waals surface area contributed by atoms with E-state index in [2.05, 4.69) is 4.74 Å². The van der Waals surface area contributed by atoms with Crippen molar-refractivity contribution in [3.63, 3.8) is 0 Å². The molecular formula is C13H7F15OS. The number of rotatable bonds is 8. The van der Waals surface area contributed by atoms with E-state index >= 15 is 0 Å². The Morgan fingerprint density at radius 1 is 0.633 bits per heavy atom. The fourth-order valence-corrected chi connectivity index (χ4v) is 2.52. The van der Waals surface area contributed by atoms with Crippen molar-refractivity contribution in [1.29, 1.82) is 0 Å². The number of hydrogen-bond donors (Lipinski definition) is 0. The first-order chi connectivity index (χ1) is 13.0. The van der Waals surface area contributed by atoms with Crippen molar-refractivity contribution in [3.05, 3.63) is 16.3 Å². The third-order valence-electron chi connectivity index (χ3n) is 3.61. The Kier molecular flexibility index (Phi) is 6.40. The van der Waals surface area contributed by atoms with Crippen molar-refractivity contribution in [3.8, 4) is 5.75 Å². The zero-order valence-corrected chi connectivity index (χ0v) is 14.7. The summed E-state index contributed by atoms with van der Waals surface area (Å²) in [6.07, 6.45) is -7.62. The predicted octanol–water partition coefficient (Wildman–Crippen LogP) is 6.81. The van der Waals surface area contributed by atoms with Crippen LogP contribution < -0.4 is 4.74 Å². The minimum atomic E-state index is -8.29. The lowest BCUT2D eigenvalue weighted by atomic mass is 9.91. The summed E-state index contributed by atoms with van der Waals surface area (Å²) in [5.74, 6) is -47.2. The molecule has 0 aliphatic carbocycles. The molecule has 1 heterocycles. The largest absolute Gasteiger partial charge is 0.486 e. The number of aryl methyl sites for hydroxylation is 1. The lowest BCUT2D eigenvalue weighted by Crippen LogP contribution is -2.73. The summed E-state index contributed by atoms with van der Waals surface area (Å²) < 4.78 is 199. The third-order valence-corrected chi connectivity index (χ3v) is 4.45. The molecule has 0 unspecified atom stereocenters. The highest BCUT2D eigenvalue weighted by atomic mass is 32.1. The normalized spacial score (nSPS) is 15.5. The molecule has 17 heteroatoms. The van der Waals surface area contributed by atoms with Gasteiger partial charge in [-0.3, -0.25) is 0 Å². The Labute approximate surface area is 160 Å². The Bertz CT molecular complexity index is 748. The molecule has 0 bridgehead atoms. The van der Waals surface area contributed by atoms with Crippen LogP contribution in [0.2, 0.25) is 0 Å². The van der Waals surface area contributed by atoms with Gasteiger partial charge in [0, 0.05) is 10.9 Å². The Balaban J connectivity index is 3.38. The summed E-state index contributed by atoms with van der Waals surface area (Å²) in [6, 6.07) is 0. The maximum absolute atomic E-state index is 13.5. The smallest absolute Gasteiger partial charge is 0.460 e. The van der Waals surface area contributed by atoms with E-state index in [1.165, 1.54) is 5.38 Å². The maximum atomic E-state index is 13.5. The van der Waals surface area contributed by atoms with Gasteiger partial charge in [-0.25, -0.2) is 0 Å². The molecule has 0 atom stereocenters. The quantitative estimate of drug-likeness (QED) is 0.360. The van der Waals surface area contributed by atoms with Gasteiger partial charge >= 0.3 is 41.7 Å². The van der Waals surface area contributed by atoms with Gasteiger partial charge in [0.05, 0.1) is 0 Å². The van der Waals surface area contributed by atoms with E-state index in [-0.39, 0.29) is 5.56 Å². The molecule has 1 nitrogen and oxygen atoms in total. The molecule has 1 aromatic rings. The molecule has 0 aromatic carbocycles. The molecule has 0 saturated heterocycles. The molecular weight excluding hydrogens is 489 g/mol. The first kappa shape index (κ1) is 26.5. The molecule has 0 saturated carbocycles. The van der Waals surface area contributed by atoms with Crippen molar-refractivity contribution in [2.24, 2.45) is 0 Å². The van der Waals surface area contributed by atoms with Gasteiger partial charge in [-0.05, 0) is 12.3 Å². The first-order valence-corrected chi connectivity index (χ1v) is 7.92. The summed E-state index contributed by atoms with van der Waals surface area (Å²) in [5.41, 5.74) is -0.0208. The van der Waals surface area contributed by atoms with Gasteiger partial charge in [0.1, 0.15) is 5.75 Å². The Morgan fingerprint density at radius 2 is 1.03 bits per heavy atom. The second-order valence-electron chi connectivity index (χ2n) is 5.78. The van der Waals surface area contributed by atoms with Crippen LogP contribution in [0.4, 0.5) is 65.9 Å². The number of alkyl halides is 15. The lowest BCUT2D eigenvalue weighted by Gasteiger charge is -2.41. The van der Waals surface area contributed by atoms with Gasteiger partial charge in [-0.1, -0.05) is 0 Å². The van der Waals surface area contributed by atoms with E-state index in [0.29, 0.717) is 0 Å². The minimum absolute atomic E-state index is 0.0208. The van der Waals surface area contributed by atoms with Crippen LogP contribution in [0.3, 0.4) is 0 Å². The highest BCUT2D eigenvalue weighted by Crippen LogP contribution is 2.62. The van der Waals surface area contributed by atoms with Gasteiger partial charge in [-0.15, -0.1) is 11.3 Å². The average Bonchev–Trinajstić information content (AvgIpc) is 2.96. The van der Waals surface area contributed by atoms with E-state index < -0.39 is 54.1 Å². The molecule has 1 rings (SSSR count). The molecule has 0 radical (unpaired) electrons. The van der Waals surface area contributed by atoms with Gasteiger partial charge < -0.3 is 4.74 Å². The Morgan fingerprint density at radius 3 is 1.40 bits per heavy atom. The van der Waals surface area contributed by atoms with Crippen LogP contribution in [-0.4, -0.2) is 48.3 Å². The molecule has 0 aliphatic heterocycles. The minimum Gasteiger partial charge on any atom is -0.486 e. The fraction of sp³-hybridized carbons (Fsp3) is 0.692. The van der Waals surface area contributed by atoms with Crippen molar-refractivity contribution in [1.82, 2.24) is 0 Å². The standard InChI is InChI=1S/C13H7F15OS/c1-5-2-30-3-6(5)29-4-7(14,15)8(16,17)9(18,19)10(20,21)11(22,23)12(24,25)13(26,27)28/h2-3H,4H2,1H3. The molecule has 0 spiro atoms. The SMILES string of the molecule is Cc1cscc1OCC(F)(F)C(F)(F)C(F)(F)C(F)(F)C(F)(F)C(F)(F)C(F)(F)F. The molecule has 0 amide bonds. The number of thiophene rings is 1. The van der Waals surface area contributed by atoms with Crippen molar-refractivity contribution in [2.75, 3.05) is 6.61 Å². The van der Waals surface area contributed by atoms with Gasteiger partial charge in [0.15, 0.2) is 6.61 Å². The maximum Gasteiger partial charge on any atom is 0.460 e. The second kappa shape index (κ2) is 7.25. The Hall–Kier alpha value is -1.55. The topological polar surface area (TPSA) is 9.23 Å². The second-order valence-corrected chi connectivity index (χ2v) is 6.53.